The molecule has 8 nitrogen and oxygen atoms in total. The Morgan fingerprint density at radius 2 is 0.696 bits per heavy atom. The number of carboxylic acids is 2. The maximum Gasteiger partial charge on any atom is 0.339 e. The molecule has 0 atom stereocenters. The zero-order valence-electron chi connectivity index (χ0n) is 29.3. The van der Waals surface area contributed by atoms with Crippen molar-refractivity contribution in [3.8, 4) is 0 Å². The first-order valence-electron chi connectivity index (χ1n) is 18.3. The van der Waals surface area contributed by atoms with Gasteiger partial charge in [0.1, 0.15) is 0 Å². The van der Waals surface area contributed by atoms with E-state index >= 15 is 0 Å². The van der Waals surface area contributed by atoms with Crippen LogP contribution in [0.25, 0.3) is 0 Å². The molecule has 1 rings (SSSR count). The van der Waals surface area contributed by atoms with Crippen LogP contribution in [0.1, 0.15) is 209 Å². The standard InChI is InChI=1S/C38H62O8/c1-5-9-13-17-21-25-29-31(35(39)40)33(37(43)45-27-23-19-15-11-7-3)30(26-22-18-14-10-6-2)34(32(29)36(41)42)38(44)46-28-24-20-16-12-8-4/h5-28H2,1-4H3,(H,39,40)(H,41,42). The van der Waals surface area contributed by atoms with Crippen molar-refractivity contribution in [2.24, 2.45) is 0 Å². The summed E-state index contributed by atoms with van der Waals surface area (Å²) in [5.41, 5.74) is -0.906. The number of aromatic carboxylic acids is 2. The first-order valence-corrected chi connectivity index (χ1v) is 18.3. The Morgan fingerprint density at radius 1 is 0.413 bits per heavy atom. The van der Waals surface area contributed by atoms with E-state index in [-0.39, 0.29) is 59.4 Å². The molecule has 2 N–H and O–H groups in total. The normalized spacial score (nSPS) is 11.0. The number of unbranched alkanes of at least 4 members (excludes halogenated alkanes) is 16. The van der Waals surface area contributed by atoms with Crippen LogP contribution in [0.15, 0.2) is 0 Å². The van der Waals surface area contributed by atoms with Gasteiger partial charge in [-0.25, -0.2) is 19.2 Å². The minimum Gasteiger partial charge on any atom is -0.478 e. The van der Waals surface area contributed by atoms with Crippen molar-refractivity contribution < 1.29 is 38.9 Å². The van der Waals surface area contributed by atoms with Gasteiger partial charge in [0.05, 0.1) is 35.5 Å². The van der Waals surface area contributed by atoms with Crippen molar-refractivity contribution in [3.05, 3.63) is 33.4 Å². The van der Waals surface area contributed by atoms with E-state index in [1.807, 2.05) is 0 Å². The highest BCUT2D eigenvalue weighted by molar-refractivity contribution is 6.13. The van der Waals surface area contributed by atoms with Crippen LogP contribution in [0.5, 0.6) is 0 Å². The number of esters is 2. The molecule has 8 heteroatoms. The van der Waals surface area contributed by atoms with E-state index in [1.54, 1.807) is 0 Å². The highest BCUT2D eigenvalue weighted by Gasteiger charge is 2.36. The van der Waals surface area contributed by atoms with Gasteiger partial charge < -0.3 is 19.7 Å². The third-order valence-electron chi connectivity index (χ3n) is 8.57. The Labute approximate surface area is 278 Å². The van der Waals surface area contributed by atoms with E-state index in [4.69, 9.17) is 9.47 Å². The molecule has 1 aromatic carbocycles. The lowest BCUT2D eigenvalue weighted by molar-refractivity contribution is 0.0475. The predicted octanol–water partition coefficient (Wildman–Crippen LogP) is 10.4. The van der Waals surface area contributed by atoms with Crippen LogP contribution >= 0.6 is 0 Å². The molecule has 46 heavy (non-hydrogen) atoms. The van der Waals surface area contributed by atoms with E-state index in [0.29, 0.717) is 25.7 Å². The van der Waals surface area contributed by atoms with E-state index in [1.165, 1.54) is 0 Å². The molecule has 0 heterocycles. The molecule has 1 aromatic rings. The lowest BCUT2D eigenvalue weighted by Gasteiger charge is -2.22. The average Bonchev–Trinajstić information content (AvgIpc) is 3.03. The largest absolute Gasteiger partial charge is 0.478 e. The first-order chi connectivity index (χ1) is 22.3. The van der Waals surface area contributed by atoms with Crippen LogP contribution in [0.3, 0.4) is 0 Å². The molecule has 0 saturated carbocycles. The zero-order valence-corrected chi connectivity index (χ0v) is 29.3. The van der Waals surface area contributed by atoms with Crippen molar-refractivity contribution in [1.82, 2.24) is 0 Å². The lowest BCUT2D eigenvalue weighted by atomic mass is 9.82. The second kappa shape index (κ2) is 25.2. The van der Waals surface area contributed by atoms with Crippen LogP contribution in [0, 0.1) is 0 Å². The van der Waals surface area contributed by atoms with Gasteiger partial charge in [0.2, 0.25) is 0 Å². The second-order valence-corrected chi connectivity index (χ2v) is 12.5. The first kappa shape index (κ1) is 41.1. The summed E-state index contributed by atoms with van der Waals surface area (Å²) in [6, 6.07) is 0. The Bertz CT molecular complexity index is 994. The summed E-state index contributed by atoms with van der Waals surface area (Å²) in [6.45, 7) is 8.69. The third-order valence-corrected chi connectivity index (χ3v) is 8.57. The molecule has 0 bridgehead atoms. The number of ether oxygens (including phenoxy) is 2. The predicted molar refractivity (Wildman–Crippen MR) is 183 cm³/mol. The summed E-state index contributed by atoms with van der Waals surface area (Å²) >= 11 is 0. The molecule has 262 valence electrons. The molecule has 0 aliphatic rings. The number of carboxylic acid groups (broad SMARTS) is 2. The monoisotopic (exact) mass is 646 g/mol. The molecule has 0 aromatic heterocycles. The SMILES string of the molecule is CCCCCCCOC(=O)c1c(CCCCCCC)c(C(=O)OCCCCCCC)c(C(=O)O)c(CCCCCCC)c1C(=O)O. The van der Waals surface area contributed by atoms with E-state index < -0.39 is 23.9 Å². The minimum atomic E-state index is -1.39. The summed E-state index contributed by atoms with van der Waals surface area (Å²) in [4.78, 5) is 53.5. The van der Waals surface area contributed by atoms with Crippen LogP contribution in [-0.2, 0) is 22.3 Å². The Balaban J connectivity index is 3.75. The summed E-state index contributed by atoms with van der Waals surface area (Å²) in [5, 5.41) is 21.1. The van der Waals surface area contributed by atoms with E-state index in [2.05, 4.69) is 27.7 Å². The summed E-state index contributed by atoms with van der Waals surface area (Å²) in [6.07, 6.45) is 18.4. The van der Waals surface area contributed by atoms with Gasteiger partial charge in [0.15, 0.2) is 0 Å². The van der Waals surface area contributed by atoms with E-state index in [0.717, 1.165) is 103 Å². The molecule has 0 saturated heterocycles. The lowest BCUT2D eigenvalue weighted by Crippen LogP contribution is -2.26. The molecular formula is C38H62O8. The minimum absolute atomic E-state index is 0.0102. The average molecular weight is 647 g/mol. The van der Waals surface area contributed by atoms with Crippen molar-refractivity contribution in [2.75, 3.05) is 13.2 Å². The number of hydrogen-bond donors (Lipinski definition) is 2. The number of rotatable bonds is 28. The Hall–Kier alpha value is -2.90. The number of hydrogen-bond acceptors (Lipinski definition) is 6. The van der Waals surface area contributed by atoms with Crippen molar-refractivity contribution >= 4 is 23.9 Å². The van der Waals surface area contributed by atoms with Gasteiger partial charge in [0.25, 0.3) is 0 Å². The highest BCUT2D eigenvalue weighted by Crippen LogP contribution is 2.33. The Kier molecular flexibility index (Phi) is 22.5. The molecule has 0 aliphatic heterocycles. The van der Waals surface area contributed by atoms with Gasteiger partial charge in [-0.1, -0.05) is 130 Å². The van der Waals surface area contributed by atoms with Crippen molar-refractivity contribution in [1.29, 1.82) is 0 Å². The van der Waals surface area contributed by atoms with Gasteiger partial charge in [0, 0.05) is 0 Å². The van der Waals surface area contributed by atoms with Gasteiger partial charge in [-0.05, 0) is 49.7 Å². The molecule has 0 radical (unpaired) electrons. The van der Waals surface area contributed by atoms with Crippen LogP contribution in [-0.4, -0.2) is 47.3 Å². The molecule has 0 unspecified atom stereocenters. The van der Waals surface area contributed by atoms with Crippen molar-refractivity contribution in [2.45, 2.75) is 169 Å². The van der Waals surface area contributed by atoms with Gasteiger partial charge in [-0.3, -0.25) is 0 Å². The maximum atomic E-state index is 13.8. The fourth-order valence-corrected chi connectivity index (χ4v) is 5.97. The van der Waals surface area contributed by atoms with E-state index in [9.17, 15) is 29.4 Å². The molecule has 0 aliphatic carbocycles. The van der Waals surface area contributed by atoms with Gasteiger partial charge in [-0.15, -0.1) is 0 Å². The third kappa shape index (κ3) is 14.7. The summed E-state index contributed by atoms with van der Waals surface area (Å²) in [7, 11) is 0. The summed E-state index contributed by atoms with van der Waals surface area (Å²) < 4.78 is 11.3. The number of carbonyl (C=O) groups is 4. The highest BCUT2D eigenvalue weighted by atomic mass is 16.5. The van der Waals surface area contributed by atoms with Gasteiger partial charge >= 0.3 is 23.9 Å². The topological polar surface area (TPSA) is 127 Å². The summed E-state index contributed by atoms with van der Waals surface area (Å²) in [5.74, 6) is -4.39. The zero-order chi connectivity index (χ0) is 34.2. The second-order valence-electron chi connectivity index (χ2n) is 12.5. The van der Waals surface area contributed by atoms with Crippen molar-refractivity contribution in [3.63, 3.8) is 0 Å². The quantitative estimate of drug-likeness (QED) is 0.0680. The van der Waals surface area contributed by atoms with Crippen LogP contribution in [0.2, 0.25) is 0 Å². The molecule has 0 fully saturated rings. The van der Waals surface area contributed by atoms with Crippen LogP contribution in [0.4, 0.5) is 0 Å². The molecular weight excluding hydrogens is 584 g/mol. The smallest absolute Gasteiger partial charge is 0.339 e. The fourth-order valence-electron chi connectivity index (χ4n) is 5.97. The maximum absolute atomic E-state index is 13.8. The van der Waals surface area contributed by atoms with Gasteiger partial charge in [-0.2, -0.15) is 0 Å². The fraction of sp³-hybridized carbons (Fsp3) is 0.737. The van der Waals surface area contributed by atoms with Crippen LogP contribution < -0.4 is 0 Å². The molecule has 0 spiro atoms. The molecule has 0 amide bonds. The Morgan fingerprint density at radius 3 is 1.00 bits per heavy atom. The number of benzene rings is 1. The number of carbonyl (C=O) groups excluding carboxylic acids is 2.